The second kappa shape index (κ2) is 62.4. The predicted molar refractivity (Wildman–Crippen MR) is 357 cm³/mol. The highest BCUT2D eigenvalue weighted by atomic mass is 31.2. The molecule has 0 aromatic heterocycles. The van der Waals surface area contributed by atoms with Crippen LogP contribution in [0.1, 0.15) is 284 Å². The quantitative estimate of drug-likeness (QED) is 0.0272. The molecule has 0 spiro atoms. The highest BCUT2D eigenvalue weighted by molar-refractivity contribution is 7.45. The molecule has 0 bridgehead atoms. The first-order valence-electron chi connectivity index (χ1n) is 33.9. The lowest BCUT2D eigenvalue weighted by molar-refractivity contribution is -0.870. The Morgan fingerprint density at radius 3 is 1.13 bits per heavy atom. The number of aliphatic hydroxyl groups is 1. The minimum Gasteiger partial charge on any atom is -0.756 e. The van der Waals surface area contributed by atoms with Gasteiger partial charge in [-0.2, -0.15) is 0 Å². The zero-order valence-corrected chi connectivity index (χ0v) is 54.8. The molecule has 0 heterocycles. The molecular weight excluding hydrogens is 1030 g/mol. The number of aliphatic hydroxyl groups excluding tert-OH is 1. The number of phosphoric ester groups is 1. The van der Waals surface area contributed by atoms with E-state index in [1.54, 1.807) is 6.08 Å². The van der Waals surface area contributed by atoms with E-state index in [1.807, 2.05) is 27.2 Å². The van der Waals surface area contributed by atoms with Gasteiger partial charge in [-0.25, -0.2) is 0 Å². The van der Waals surface area contributed by atoms with Crippen molar-refractivity contribution in [1.82, 2.24) is 5.32 Å². The second-order valence-corrected chi connectivity index (χ2v) is 25.2. The molecule has 0 aliphatic carbocycles. The maximum atomic E-state index is 13.0. The topological polar surface area (TPSA) is 108 Å². The van der Waals surface area contributed by atoms with Crippen molar-refractivity contribution < 1.29 is 32.9 Å². The van der Waals surface area contributed by atoms with Crippen LogP contribution >= 0.6 is 7.82 Å². The molecule has 2 N–H and O–H groups in total. The highest BCUT2D eigenvalue weighted by Crippen LogP contribution is 2.38. The van der Waals surface area contributed by atoms with Gasteiger partial charge in [-0.05, 0) is 96.3 Å². The Morgan fingerprint density at radius 1 is 0.439 bits per heavy atom. The lowest BCUT2D eigenvalue weighted by Gasteiger charge is -2.29. The molecule has 0 aromatic carbocycles. The van der Waals surface area contributed by atoms with E-state index in [9.17, 15) is 19.4 Å². The van der Waals surface area contributed by atoms with E-state index in [1.165, 1.54) is 173 Å². The number of rotatable bonds is 61. The van der Waals surface area contributed by atoms with Crippen molar-refractivity contribution in [1.29, 1.82) is 0 Å². The van der Waals surface area contributed by atoms with Crippen LogP contribution in [0, 0.1) is 0 Å². The largest absolute Gasteiger partial charge is 0.756 e. The summed E-state index contributed by atoms with van der Waals surface area (Å²) in [6.45, 7) is 4.53. The number of carbonyl (C=O) groups excluding carboxylic acids is 1. The lowest BCUT2D eigenvalue weighted by atomic mass is 10.0. The van der Waals surface area contributed by atoms with Crippen LogP contribution < -0.4 is 10.2 Å². The molecular formula is C73H129N2O6P. The van der Waals surface area contributed by atoms with Crippen LogP contribution in [0.4, 0.5) is 0 Å². The molecule has 3 unspecified atom stereocenters. The SMILES string of the molecule is CC/C=C\C/C=C\C/C=C\C/C=C\C/C=C\C/C=C\C/C=C\C/C=C\CCCCCCCCCCCCCCCCC(=O)NC(COP(=O)([O-])OCC[N+](C)(C)C)C(O)/C=C/CC/C=C/CCCCCCCCCCCCCCCCC. The molecule has 0 fully saturated rings. The third-order valence-corrected chi connectivity index (χ3v) is 15.6. The fraction of sp³-hybridized carbons (Fsp3) is 0.712. The number of hydrogen-bond acceptors (Lipinski definition) is 6. The number of hydrogen-bond donors (Lipinski definition) is 2. The molecule has 0 saturated heterocycles. The second-order valence-electron chi connectivity index (χ2n) is 23.8. The van der Waals surface area contributed by atoms with Crippen LogP contribution in [-0.4, -0.2) is 68.5 Å². The summed E-state index contributed by atoms with van der Waals surface area (Å²) in [7, 11) is 1.24. The first-order valence-corrected chi connectivity index (χ1v) is 35.4. The maximum absolute atomic E-state index is 13.0. The zero-order chi connectivity index (χ0) is 59.8. The first-order chi connectivity index (χ1) is 40.0. The molecule has 3 atom stereocenters. The van der Waals surface area contributed by atoms with E-state index >= 15 is 0 Å². The third-order valence-electron chi connectivity index (χ3n) is 14.7. The summed E-state index contributed by atoms with van der Waals surface area (Å²) < 4.78 is 23.4. The number of amides is 1. The average Bonchev–Trinajstić information content (AvgIpc) is 3.46. The summed E-state index contributed by atoms with van der Waals surface area (Å²) >= 11 is 0. The van der Waals surface area contributed by atoms with Gasteiger partial charge >= 0.3 is 0 Å². The Balaban J connectivity index is 4.10. The minimum atomic E-state index is -4.62. The minimum absolute atomic E-state index is 0.0104. The molecule has 0 radical (unpaired) electrons. The Morgan fingerprint density at radius 2 is 0.756 bits per heavy atom. The standard InChI is InChI=1S/C73H129N2O6P/c1-6-8-10-12-14-16-18-20-22-24-26-28-29-30-31-32-33-34-35-36-37-38-39-40-41-42-43-44-45-47-49-51-53-55-57-59-61-63-65-67-73(77)74-71(70-81-82(78,79)80-69-68-75(3,4)5)72(76)66-64-62-60-58-56-54-52-50-48-46-27-25-23-21-19-17-15-13-11-9-7-2/h8,10,14,16,20,22,26,28,30-31,33-34,36-37,39-40,56,58,64,66,71-72,76H,6-7,9,11-13,15,17-19,21,23-25,27,29,32,35,38,41-55,57,59-63,65,67-70H2,1-5H3,(H-,74,77,78,79)/b10-8-,16-14-,22-20-,28-26-,31-30-,34-33-,37-36-,40-39-,58-56+,66-64+. The van der Waals surface area contributed by atoms with Gasteiger partial charge in [-0.3, -0.25) is 9.36 Å². The van der Waals surface area contributed by atoms with E-state index in [-0.39, 0.29) is 12.5 Å². The van der Waals surface area contributed by atoms with E-state index in [0.29, 0.717) is 17.4 Å². The Bertz CT molecular complexity index is 1750. The van der Waals surface area contributed by atoms with Crippen LogP contribution in [0.2, 0.25) is 0 Å². The highest BCUT2D eigenvalue weighted by Gasteiger charge is 2.23. The third kappa shape index (κ3) is 64.5. The summed E-state index contributed by atoms with van der Waals surface area (Å²) in [4.78, 5) is 25.6. The predicted octanol–water partition coefficient (Wildman–Crippen LogP) is 21.0. The molecule has 0 rings (SSSR count). The Labute approximate surface area is 507 Å². The van der Waals surface area contributed by atoms with Crippen molar-refractivity contribution in [2.24, 2.45) is 0 Å². The number of nitrogens with zero attached hydrogens (tertiary/aromatic N) is 1. The number of allylic oxidation sites excluding steroid dienone is 19. The number of unbranched alkanes of at least 4 members (excludes halogenated alkanes) is 30. The van der Waals surface area contributed by atoms with Gasteiger partial charge in [0.25, 0.3) is 7.82 Å². The van der Waals surface area contributed by atoms with Crippen LogP contribution in [-0.2, 0) is 18.4 Å². The van der Waals surface area contributed by atoms with Crippen LogP contribution in [0.5, 0.6) is 0 Å². The molecule has 9 heteroatoms. The maximum Gasteiger partial charge on any atom is 0.268 e. The van der Waals surface area contributed by atoms with Gasteiger partial charge < -0.3 is 28.8 Å². The van der Waals surface area contributed by atoms with Crippen LogP contribution in [0.25, 0.3) is 0 Å². The van der Waals surface area contributed by atoms with Crippen molar-refractivity contribution in [3.8, 4) is 0 Å². The fourth-order valence-electron chi connectivity index (χ4n) is 9.42. The molecule has 0 aliphatic heterocycles. The van der Waals surface area contributed by atoms with Gasteiger partial charge in [0.05, 0.1) is 39.9 Å². The molecule has 0 aromatic rings. The van der Waals surface area contributed by atoms with Gasteiger partial charge in [0.2, 0.25) is 5.91 Å². The van der Waals surface area contributed by atoms with E-state index in [2.05, 4.69) is 129 Å². The number of phosphoric acid groups is 1. The summed E-state index contributed by atoms with van der Waals surface area (Å²) in [5, 5.41) is 13.9. The van der Waals surface area contributed by atoms with Crippen molar-refractivity contribution in [2.45, 2.75) is 296 Å². The number of likely N-dealkylation sites (N-methyl/N-ethyl adjacent to an activating group) is 1. The van der Waals surface area contributed by atoms with Gasteiger partial charge in [-0.15, -0.1) is 0 Å². The van der Waals surface area contributed by atoms with Gasteiger partial charge in [-0.1, -0.05) is 302 Å². The van der Waals surface area contributed by atoms with Crippen molar-refractivity contribution in [2.75, 3.05) is 40.9 Å². The summed E-state index contributed by atoms with van der Waals surface area (Å²) in [5.41, 5.74) is 0. The molecule has 82 heavy (non-hydrogen) atoms. The van der Waals surface area contributed by atoms with E-state index < -0.39 is 26.6 Å². The van der Waals surface area contributed by atoms with Crippen molar-refractivity contribution in [3.63, 3.8) is 0 Å². The number of carbonyl (C=O) groups is 1. The van der Waals surface area contributed by atoms with Gasteiger partial charge in [0, 0.05) is 6.42 Å². The normalized spacial score (nSPS) is 14.5. The van der Waals surface area contributed by atoms with Gasteiger partial charge in [0.1, 0.15) is 13.2 Å². The fourth-order valence-corrected chi connectivity index (χ4v) is 10.1. The average molecular weight is 1160 g/mol. The zero-order valence-electron chi connectivity index (χ0n) is 53.9. The Kier molecular flexibility index (Phi) is 60.1. The molecule has 8 nitrogen and oxygen atoms in total. The van der Waals surface area contributed by atoms with E-state index in [0.717, 1.165) is 89.9 Å². The Hall–Kier alpha value is -3.10. The number of quaternary nitrogens is 1. The molecule has 0 saturated carbocycles. The van der Waals surface area contributed by atoms with Crippen LogP contribution in [0.15, 0.2) is 122 Å². The summed E-state index contributed by atoms with van der Waals surface area (Å²) in [6, 6.07) is -0.911. The molecule has 0 aliphatic rings. The molecule has 472 valence electrons. The lowest BCUT2D eigenvalue weighted by Crippen LogP contribution is -2.45. The molecule has 1 amide bonds. The van der Waals surface area contributed by atoms with Crippen molar-refractivity contribution in [3.05, 3.63) is 122 Å². The van der Waals surface area contributed by atoms with Crippen LogP contribution in [0.3, 0.4) is 0 Å². The summed E-state index contributed by atoms with van der Waals surface area (Å²) in [5.74, 6) is -0.210. The monoisotopic (exact) mass is 1160 g/mol. The number of nitrogens with one attached hydrogen (secondary N) is 1. The summed E-state index contributed by atoms with van der Waals surface area (Å²) in [6.07, 6.45) is 93.1. The van der Waals surface area contributed by atoms with Crippen molar-refractivity contribution >= 4 is 13.7 Å². The van der Waals surface area contributed by atoms with E-state index in [4.69, 9.17) is 9.05 Å². The van der Waals surface area contributed by atoms with Gasteiger partial charge in [0.15, 0.2) is 0 Å². The first kappa shape index (κ1) is 78.9. The smallest absolute Gasteiger partial charge is 0.268 e.